The van der Waals surface area contributed by atoms with Crippen molar-refractivity contribution >= 4 is 55.9 Å². The summed E-state index contributed by atoms with van der Waals surface area (Å²) in [6.45, 7) is 42.6. The molecular weight excluding hydrogens is 780 g/mol. The van der Waals surface area contributed by atoms with Crippen molar-refractivity contribution in [2.75, 3.05) is 6.61 Å². The van der Waals surface area contributed by atoms with Gasteiger partial charge in [-0.1, -0.05) is 106 Å². The van der Waals surface area contributed by atoms with Crippen LogP contribution >= 0.6 is 22.6 Å². The van der Waals surface area contributed by atoms with Crippen LogP contribution in [0, 0.1) is 0 Å². The maximum Gasteiger partial charge on any atom is 0.193 e. The number of fused-ring (bicyclic) bond motifs is 1. The molecule has 48 heavy (non-hydrogen) atoms. The van der Waals surface area contributed by atoms with Gasteiger partial charge < -0.3 is 27.2 Å². The molecule has 0 aromatic carbocycles. The predicted octanol–water partition coefficient (Wildman–Crippen LogP) is 11.8. The van der Waals surface area contributed by atoms with E-state index in [-0.39, 0.29) is 57.8 Å². The predicted molar refractivity (Wildman–Crippen MR) is 224 cm³/mol. The molecule has 0 aromatic heterocycles. The smallest absolute Gasteiger partial charge is 0.193 e. The van der Waals surface area contributed by atoms with Gasteiger partial charge in [-0.25, -0.2) is 0 Å². The second kappa shape index (κ2) is 17.1. The SMILES string of the molecule is CC[Si](CC)(CC)OCC[C@H]1CC[C@@H]2OC(C(/C=C/I)O[Si](C)(C)C(C)(C)C)C(O[Si](C)(C)C(C)(C)C)C(O[Si](C)(C)C(C)(C)C)[C@H]2O1. The van der Waals surface area contributed by atoms with Gasteiger partial charge in [-0.05, 0) is 102 Å². The van der Waals surface area contributed by atoms with Gasteiger partial charge in [-0.2, -0.15) is 0 Å². The maximum atomic E-state index is 7.54. The molecule has 2 rings (SSSR count). The van der Waals surface area contributed by atoms with Crippen molar-refractivity contribution in [1.29, 1.82) is 0 Å². The molecule has 4 unspecified atom stereocenters. The van der Waals surface area contributed by atoms with Crippen molar-refractivity contribution in [2.24, 2.45) is 0 Å². The van der Waals surface area contributed by atoms with Gasteiger partial charge in [0.25, 0.3) is 0 Å². The standard InChI is InChI=1S/C37H77IO6Si4/c1-19-48(20-2,21-3)39-27-25-28-22-23-29-31(40-28)33(43-46(15,16)36(7,8)9)34(44-47(17,18)37(10,11)12)32(41-29)30(24-26-38)42-45(13,14)35(4,5)6/h24,26,28-34H,19-23,25,27H2,1-18H3/b26-24+/t28-,29+,30?,31+,32?,33?,34?/m1/s1. The van der Waals surface area contributed by atoms with Crippen LogP contribution in [0.2, 0.25) is 72.5 Å². The monoisotopic (exact) mass is 856 g/mol. The summed E-state index contributed by atoms with van der Waals surface area (Å²) in [6.07, 6.45) is 3.74. The van der Waals surface area contributed by atoms with Crippen molar-refractivity contribution < 1.29 is 27.2 Å². The zero-order valence-corrected chi connectivity index (χ0v) is 40.6. The number of hydrogen-bond acceptors (Lipinski definition) is 6. The summed E-state index contributed by atoms with van der Waals surface area (Å²) in [5.74, 6) is 0. The minimum atomic E-state index is -2.28. The first-order valence-corrected chi connectivity index (χ1v) is 31.5. The summed E-state index contributed by atoms with van der Waals surface area (Å²) in [5.41, 5.74) is 0. The van der Waals surface area contributed by atoms with Crippen LogP contribution < -0.4 is 0 Å². The molecule has 0 aromatic rings. The van der Waals surface area contributed by atoms with E-state index in [2.05, 4.69) is 155 Å². The molecule has 2 saturated heterocycles. The molecule has 0 bridgehead atoms. The van der Waals surface area contributed by atoms with Gasteiger partial charge in [0.05, 0.1) is 18.3 Å². The van der Waals surface area contributed by atoms with Crippen LogP contribution in [0.4, 0.5) is 0 Å². The lowest BCUT2D eigenvalue weighted by molar-refractivity contribution is -0.267. The summed E-state index contributed by atoms with van der Waals surface area (Å²) in [4.78, 5) is 0. The minimum Gasteiger partial charge on any atom is -0.417 e. The van der Waals surface area contributed by atoms with Crippen molar-refractivity contribution in [1.82, 2.24) is 0 Å². The lowest BCUT2D eigenvalue weighted by atomic mass is 9.87. The van der Waals surface area contributed by atoms with Crippen LogP contribution in [0.1, 0.15) is 102 Å². The molecule has 11 heteroatoms. The van der Waals surface area contributed by atoms with Gasteiger partial charge in [0.2, 0.25) is 0 Å². The van der Waals surface area contributed by atoms with E-state index in [1.807, 2.05) is 0 Å². The van der Waals surface area contributed by atoms with Gasteiger partial charge in [0.15, 0.2) is 33.3 Å². The second-order valence-electron chi connectivity index (χ2n) is 19.2. The molecule has 0 radical (unpaired) electrons. The Morgan fingerprint density at radius 3 is 1.62 bits per heavy atom. The van der Waals surface area contributed by atoms with E-state index in [1.165, 1.54) is 18.1 Å². The highest BCUT2D eigenvalue weighted by Crippen LogP contribution is 2.47. The molecule has 0 amide bonds. The number of rotatable bonds is 15. The third-order valence-corrected chi connectivity index (χ3v) is 31.4. The van der Waals surface area contributed by atoms with Gasteiger partial charge >= 0.3 is 0 Å². The summed E-state index contributed by atoms with van der Waals surface area (Å²) >= 11 is 2.33. The minimum absolute atomic E-state index is 0.0202. The molecule has 7 atom stereocenters. The van der Waals surface area contributed by atoms with Crippen LogP contribution in [0.15, 0.2) is 10.2 Å². The summed E-state index contributed by atoms with van der Waals surface area (Å²) < 4.78 is 45.5. The molecule has 0 N–H and O–H groups in total. The van der Waals surface area contributed by atoms with E-state index in [4.69, 9.17) is 27.2 Å². The van der Waals surface area contributed by atoms with Gasteiger partial charge in [0.1, 0.15) is 24.4 Å². The van der Waals surface area contributed by atoms with Crippen LogP contribution in [-0.2, 0) is 27.2 Å². The van der Waals surface area contributed by atoms with Crippen molar-refractivity contribution in [3.05, 3.63) is 10.2 Å². The molecule has 284 valence electrons. The van der Waals surface area contributed by atoms with E-state index in [9.17, 15) is 0 Å². The zero-order chi connectivity index (χ0) is 37.1. The van der Waals surface area contributed by atoms with Gasteiger partial charge in [-0.3, -0.25) is 0 Å². The Hall–Kier alpha value is 1.10. The number of ether oxygens (including phenoxy) is 2. The molecule has 2 fully saturated rings. The fourth-order valence-electron chi connectivity index (χ4n) is 6.03. The lowest BCUT2D eigenvalue weighted by Gasteiger charge is -2.56. The Morgan fingerprint density at radius 2 is 1.19 bits per heavy atom. The molecule has 2 aliphatic heterocycles. The van der Waals surface area contributed by atoms with Gasteiger partial charge in [-0.15, -0.1) is 0 Å². The summed E-state index contributed by atoms with van der Waals surface area (Å²) in [5, 5.41) is 0.116. The van der Waals surface area contributed by atoms with Crippen LogP contribution in [0.5, 0.6) is 0 Å². The number of halogens is 1. The Balaban J connectivity index is 2.65. The van der Waals surface area contributed by atoms with Crippen molar-refractivity contribution in [3.8, 4) is 0 Å². The molecule has 2 aliphatic rings. The average Bonchev–Trinajstić information content (AvgIpc) is 2.94. The Labute approximate surface area is 315 Å². The van der Waals surface area contributed by atoms with E-state index in [1.54, 1.807) is 0 Å². The molecule has 0 spiro atoms. The third kappa shape index (κ3) is 11.1. The molecule has 6 nitrogen and oxygen atoms in total. The van der Waals surface area contributed by atoms with Gasteiger partial charge in [0, 0.05) is 6.61 Å². The zero-order valence-electron chi connectivity index (χ0n) is 34.5. The average molecular weight is 857 g/mol. The van der Waals surface area contributed by atoms with E-state index in [0.717, 1.165) is 25.9 Å². The first-order chi connectivity index (χ1) is 21.7. The van der Waals surface area contributed by atoms with Crippen LogP contribution in [0.25, 0.3) is 0 Å². The Bertz CT molecular complexity index is 1020. The van der Waals surface area contributed by atoms with Crippen molar-refractivity contribution in [3.63, 3.8) is 0 Å². The number of hydrogen-bond donors (Lipinski definition) is 0. The summed E-state index contributed by atoms with van der Waals surface area (Å²) in [6, 6.07) is 3.51. The Morgan fingerprint density at radius 1 is 0.708 bits per heavy atom. The highest BCUT2D eigenvalue weighted by atomic mass is 127. The second-order valence-corrected chi connectivity index (χ2v) is 38.9. The Kier molecular flexibility index (Phi) is 16.1. The van der Waals surface area contributed by atoms with E-state index < -0.39 is 33.3 Å². The van der Waals surface area contributed by atoms with E-state index in [0.29, 0.717) is 0 Å². The molecule has 2 heterocycles. The summed E-state index contributed by atoms with van der Waals surface area (Å²) in [7, 11) is -8.34. The highest BCUT2D eigenvalue weighted by Gasteiger charge is 2.57. The first kappa shape index (κ1) is 45.3. The van der Waals surface area contributed by atoms with Crippen molar-refractivity contribution in [2.45, 2.75) is 218 Å². The maximum absolute atomic E-state index is 7.54. The molecular formula is C37H77IO6Si4. The highest BCUT2D eigenvalue weighted by molar-refractivity contribution is 14.1. The largest absolute Gasteiger partial charge is 0.417 e. The fourth-order valence-corrected chi connectivity index (χ4v) is 13.0. The van der Waals surface area contributed by atoms with Crippen LogP contribution in [0.3, 0.4) is 0 Å². The normalized spacial score (nSPS) is 27.7. The molecule has 0 saturated carbocycles. The first-order valence-electron chi connectivity index (χ1n) is 19.0. The lowest BCUT2D eigenvalue weighted by Crippen LogP contribution is -2.69. The molecule has 0 aliphatic carbocycles. The quantitative estimate of drug-likeness (QED) is 0.121. The topological polar surface area (TPSA) is 55.4 Å². The third-order valence-electron chi connectivity index (χ3n) is 12.9. The van der Waals surface area contributed by atoms with E-state index >= 15 is 0 Å². The van der Waals surface area contributed by atoms with Crippen LogP contribution in [-0.4, -0.2) is 82.6 Å². The fraction of sp³-hybridized carbons (Fsp3) is 0.946.